The SMILES string of the molecule is C=CCNC(=O)C(O)C(O)C(N)=O. The van der Waals surface area contributed by atoms with Gasteiger partial charge in [0.1, 0.15) is 0 Å². The van der Waals surface area contributed by atoms with E-state index in [1.165, 1.54) is 6.08 Å². The third-order valence-corrected chi connectivity index (χ3v) is 1.28. The van der Waals surface area contributed by atoms with Crippen LogP contribution in [0, 0.1) is 0 Å². The van der Waals surface area contributed by atoms with Crippen molar-refractivity contribution in [2.24, 2.45) is 5.73 Å². The zero-order chi connectivity index (χ0) is 10.4. The van der Waals surface area contributed by atoms with Crippen molar-refractivity contribution in [2.45, 2.75) is 12.2 Å². The van der Waals surface area contributed by atoms with Gasteiger partial charge >= 0.3 is 0 Å². The topological polar surface area (TPSA) is 113 Å². The molecule has 13 heavy (non-hydrogen) atoms. The fourth-order valence-corrected chi connectivity index (χ4v) is 0.576. The van der Waals surface area contributed by atoms with Gasteiger partial charge in [0.05, 0.1) is 0 Å². The molecule has 2 atom stereocenters. The molecule has 74 valence electrons. The van der Waals surface area contributed by atoms with Crippen molar-refractivity contribution in [1.82, 2.24) is 5.32 Å². The summed E-state index contributed by atoms with van der Waals surface area (Å²) in [6.45, 7) is 3.46. The molecule has 2 unspecified atom stereocenters. The molecule has 0 rings (SSSR count). The molecule has 0 aromatic carbocycles. The Morgan fingerprint density at radius 1 is 1.46 bits per heavy atom. The lowest BCUT2D eigenvalue weighted by molar-refractivity contribution is -0.144. The first kappa shape index (κ1) is 11.6. The minimum absolute atomic E-state index is 0.140. The number of carbonyl (C=O) groups excluding carboxylic acids is 2. The van der Waals surface area contributed by atoms with E-state index in [2.05, 4.69) is 17.6 Å². The van der Waals surface area contributed by atoms with Gasteiger partial charge in [0, 0.05) is 6.54 Å². The van der Waals surface area contributed by atoms with Crippen molar-refractivity contribution < 1.29 is 19.8 Å². The molecule has 0 aliphatic carbocycles. The Kier molecular flexibility index (Phi) is 4.71. The number of amides is 2. The molecule has 0 saturated heterocycles. The van der Waals surface area contributed by atoms with E-state index in [-0.39, 0.29) is 6.54 Å². The van der Waals surface area contributed by atoms with Gasteiger partial charge in [-0.1, -0.05) is 6.08 Å². The Morgan fingerprint density at radius 2 is 2.00 bits per heavy atom. The third kappa shape index (κ3) is 3.68. The fraction of sp³-hybridized carbons (Fsp3) is 0.429. The number of hydrogen-bond acceptors (Lipinski definition) is 4. The van der Waals surface area contributed by atoms with Gasteiger partial charge in [0.25, 0.3) is 5.91 Å². The summed E-state index contributed by atoms with van der Waals surface area (Å²) in [6, 6.07) is 0. The first-order chi connectivity index (χ1) is 6.00. The van der Waals surface area contributed by atoms with Crippen molar-refractivity contribution >= 4 is 11.8 Å². The lowest BCUT2D eigenvalue weighted by Gasteiger charge is -2.13. The smallest absolute Gasteiger partial charge is 0.252 e. The Balaban J connectivity index is 4.08. The van der Waals surface area contributed by atoms with Crippen LogP contribution in [0.15, 0.2) is 12.7 Å². The number of hydrogen-bond donors (Lipinski definition) is 4. The summed E-state index contributed by atoms with van der Waals surface area (Å²) in [5, 5.41) is 20.0. The van der Waals surface area contributed by atoms with Crippen LogP contribution < -0.4 is 11.1 Å². The third-order valence-electron chi connectivity index (χ3n) is 1.28. The molecular formula is C7H12N2O4. The summed E-state index contributed by atoms with van der Waals surface area (Å²) in [5.41, 5.74) is 4.65. The zero-order valence-corrected chi connectivity index (χ0v) is 6.93. The van der Waals surface area contributed by atoms with Crippen molar-refractivity contribution in [3.8, 4) is 0 Å². The second kappa shape index (κ2) is 5.28. The van der Waals surface area contributed by atoms with Crippen LogP contribution in [0.3, 0.4) is 0 Å². The molecule has 6 nitrogen and oxygen atoms in total. The van der Waals surface area contributed by atoms with Crippen LogP contribution in [0.2, 0.25) is 0 Å². The average Bonchev–Trinajstić information content (AvgIpc) is 2.11. The highest BCUT2D eigenvalue weighted by Gasteiger charge is 2.27. The molecule has 5 N–H and O–H groups in total. The summed E-state index contributed by atoms with van der Waals surface area (Å²) >= 11 is 0. The molecule has 0 aliphatic rings. The Morgan fingerprint density at radius 3 is 2.38 bits per heavy atom. The molecule has 0 aliphatic heterocycles. The minimum Gasteiger partial charge on any atom is -0.380 e. The number of primary amides is 1. The van der Waals surface area contributed by atoms with Crippen molar-refractivity contribution in [2.75, 3.05) is 6.54 Å². The molecule has 0 bridgehead atoms. The summed E-state index contributed by atoms with van der Waals surface area (Å²) in [6.07, 6.45) is -2.33. The van der Waals surface area contributed by atoms with Crippen LogP contribution in [0.4, 0.5) is 0 Å². The fourth-order valence-electron chi connectivity index (χ4n) is 0.576. The van der Waals surface area contributed by atoms with Crippen molar-refractivity contribution in [3.05, 3.63) is 12.7 Å². The van der Waals surface area contributed by atoms with E-state index < -0.39 is 24.0 Å². The lowest BCUT2D eigenvalue weighted by atomic mass is 10.2. The largest absolute Gasteiger partial charge is 0.380 e. The predicted octanol–water partition coefficient (Wildman–Crippen LogP) is -2.50. The highest BCUT2D eigenvalue weighted by atomic mass is 16.3. The van der Waals surface area contributed by atoms with E-state index in [1.807, 2.05) is 0 Å². The maximum Gasteiger partial charge on any atom is 0.252 e. The van der Waals surface area contributed by atoms with Crippen LogP contribution >= 0.6 is 0 Å². The first-order valence-corrected chi connectivity index (χ1v) is 3.54. The highest BCUT2D eigenvalue weighted by molar-refractivity contribution is 5.89. The van der Waals surface area contributed by atoms with E-state index in [4.69, 9.17) is 10.2 Å². The first-order valence-electron chi connectivity index (χ1n) is 3.54. The Hall–Kier alpha value is -1.40. The summed E-state index contributed by atoms with van der Waals surface area (Å²) in [7, 11) is 0. The molecule has 0 spiro atoms. The molecule has 0 aromatic rings. The summed E-state index contributed by atoms with van der Waals surface area (Å²) in [4.78, 5) is 21.2. The number of nitrogens with one attached hydrogen (secondary N) is 1. The highest BCUT2D eigenvalue weighted by Crippen LogP contribution is 1.92. The number of carbonyl (C=O) groups is 2. The molecule has 0 heterocycles. The van der Waals surface area contributed by atoms with Crippen LogP contribution in [0.1, 0.15) is 0 Å². The van der Waals surface area contributed by atoms with Gasteiger partial charge in [0.2, 0.25) is 5.91 Å². The zero-order valence-electron chi connectivity index (χ0n) is 6.93. The second-order valence-corrected chi connectivity index (χ2v) is 2.33. The maximum absolute atomic E-state index is 10.9. The van der Waals surface area contributed by atoms with Crippen LogP contribution in [0.5, 0.6) is 0 Å². The van der Waals surface area contributed by atoms with Gasteiger partial charge in [-0.2, -0.15) is 0 Å². The standard InChI is InChI=1S/C7H12N2O4/c1-2-3-9-7(13)5(11)4(10)6(8)12/h2,4-5,10-11H,1,3H2,(H2,8,12)(H,9,13). The van der Waals surface area contributed by atoms with Crippen LogP contribution in [-0.2, 0) is 9.59 Å². The average molecular weight is 188 g/mol. The maximum atomic E-state index is 10.9. The van der Waals surface area contributed by atoms with Gasteiger partial charge in [-0.05, 0) is 0 Å². The molecule has 2 amide bonds. The number of rotatable bonds is 5. The van der Waals surface area contributed by atoms with Gasteiger partial charge < -0.3 is 21.3 Å². The van der Waals surface area contributed by atoms with Gasteiger partial charge in [-0.15, -0.1) is 6.58 Å². The number of nitrogens with two attached hydrogens (primary N) is 1. The summed E-state index contributed by atoms with van der Waals surface area (Å²) in [5.74, 6) is -2.02. The Labute approximate surface area is 75.0 Å². The van der Waals surface area contributed by atoms with Crippen molar-refractivity contribution in [3.63, 3.8) is 0 Å². The lowest BCUT2D eigenvalue weighted by Crippen LogP contribution is -2.48. The Bertz CT molecular complexity index is 217. The van der Waals surface area contributed by atoms with Gasteiger partial charge in [-0.3, -0.25) is 9.59 Å². The van der Waals surface area contributed by atoms with Crippen molar-refractivity contribution in [1.29, 1.82) is 0 Å². The van der Waals surface area contributed by atoms with Gasteiger partial charge in [0.15, 0.2) is 12.2 Å². The quantitative estimate of drug-likeness (QED) is 0.357. The second-order valence-electron chi connectivity index (χ2n) is 2.33. The van der Waals surface area contributed by atoms with Crippen LogP contribution in [-0.4, -0.2) is 40.8 Å². The molecular weight excluding hydrogens is 176 g/mol. The normalized spacial score (nSPS) is 14.3. The molecule has 6 heteroatoms. The van der Waals surface area contributed by atoms with E-state index in [0.717, 1.165) is 0 Å². The number of aliphatic hydroxyl groups excluding tert-OH is 2. The number of aliphatic hydroxyl groups is 2. The molecule has 0 radical (unpaired) electrons. The molecule has 0 saturated carbocycles. The minimum atomic E-state index is -1.88. The van der Waals surface area contributed by atoms with E-state index in [0.29, 0.717) is 0 Å². The monoisotopic (exact) mass is 188 g/mol. The van der Waals surface area contributed by atoms with E-state index in [9.17, 15) is 9.59 Å². The molecule has 0 fully saturated rings. The van der Waals surface area contributed by atoms with Crippen LogP contribution in [0.25, 0.3) is 0 Å². The van der Waals surface area contributed by atoms with E-state index in [1.54, 1.807) is 0 Å². The predicted molar refractivity (Wildman–Crippen MR) is 44.4 cm³/mol. The van der Waals surface area contributed by atoms with Gasteiger partial charge in [-0.25, -0.2) is 0 Å². The summed E-state index contributed by atoms with van der Waals surface area (Å²) < 4.78 is 0. The molecule has 0 aromatic heterocycles. The van der Waals surface area contributed by atoms with E-state index >= 15 is 0 Å².